The van der Waals surface area contributed by atoms with Crippen molar-refractivity contribution in [3.63, 3.8) is 0 Å². The summed E-state index contributed by atoms with van der Waals surface area (Å²) in [4.78, 5) is 31.4. The molecule has 1 fully saturated rings. The summed E-state index contributed by atoms with van der Waals surface area (Å²) in [6.07, 6.45) is 6.36. The Bertz CT molecular complexity index is 857. The number of hydrogen-bond acceptors (Lipinski definition) is 4. The number of allylic oxidation sites excluding steroid dienone is 2. The van der Waals surface area contributed by atoms with Crippen LogP contribution in [0.1, 0.15) is 37.1 Å². The third-order valence-electron chi connectivity index (χ3n) is 5.70. The predicted molar refractivity (Wildman–Crippen MR) is 106 cm³/mol. The van der Waals surface area contributed by atoms with Gasteiger partial charge in [-0.1, -0.05) is 31.2 Å². The van der Waals surface area contributed by atoms with Crippen LogP contribution in [0.2, 0.25) is 0 Å². The van der Waals surface area contributed by atoms with Gasteiger partial charge in [0, 0.05) is 19.0 Å². The van der Waals surface area contributed by atoms with Gasteiger partial charge in [0.25, 0.3) is 0 Å². The second-order valence-corrected chi connectivity index (χ2v) is 8.86. The van der Waals surface area contributed by atoms with Crippen molar-refractivity contribution in [3.05, 3.63) is 41.4 Å². The molecule has 2 aromatic rings. The lowest BCUT2D eigenvalue weighted by molar-refractivity contribution is -0.148. The number of carboxylic acid groups (broad SMARTS) is 1. The number of thiazole rings is 1. The van der Waals surface area contributed by atoms with Crippen LogP contribution in [-0.4, -0.2) is 40.0 Å². The first-order valence-electron chi connectivity index (χ1n) is 9.55. The molecule has 142 valence electrons. The molecular weight excluding hydrogens is 360 g/mol. The molecule has 2 aliphatic rings. The Kier molecular flexibility index (Phi) is 5.00. The zero-order valence-corrected chi connectivity index (χ0v) is 16.2. The third kappa shape index (κ3) is 3.63. The van der Waals surface area contributed by atoms with E-state index in [1.165, 1.54) is 0 Å². The van der Waals surface area contributed by atoms with Crippen LogP contribution in [-0.2, 0) is 9.59 Å². The Hall–Kier alpha value is -2.21. The van der Waals surface area contributed by atoms with Crippen molar-refractivity contribution in [3.8, 4) is 0 Å². The summed E-state index contributed by atoms with van der Waals surface area (Å²) in [5, 5.41) is 10.4. The van der Waals surface area contributed by atoms with E-state index in [1.54, 1.807) is 16.2 Å². The van der Waals surface area contributed by atoms with Crippen molar-refractivity contribution in [2.45, 2.75) is 32.1 Å². The SMILES string of the molecule is CC1CC(C(=O)O)CN(C(=O)C2CC=CCC2c2nc3ccccc3s2)C1. The lowest BCUT2D eigenvalue weighted by atomic mass is 9.81. The van der Waals surface area contributed by atoms with Crippen molar-refractivity contribution < 1.29 is 14.7 Å². The molecule has 1 saturated heterocycles. The molecular formula is C21H24N2O3S. The van der Waals surface area contributed by atoms with Crippen LogP contribution in [0, 0.1) is 17.8 Å². The first-order chi connectivity index (χ1) is 13.0. The van der Waals surface area contributed by atoms with E-state index in [1.807, 2.05) is 25.1 Å². The van der Waals surface area contributed by atoms with Gasteiger partial charge in [0.05, 0.1) is 27.1 Å². The van der Waals surface area contributed by atoms with E-state index in [0.717, 1.165) is 21.6 Å². The minimum atomic E-state index is -0.800. The summed E-state index contributed by atoms with van der Waals surface area (Å²) >= 11 is 1.67. The van der Waals surface area contributed by atoms with Gasteiger partial charge in [0.1, 0.15) is 0 Å². The number of carbonyl (C=O) groups excluding carboxylic acids is 1. The van der Waals surface area contributed by atoms with E-state index in [9.17, 15) is 14.7 Å². The summed E-state index contributed by atoms with van der Waals surface area (Å²) in [6.45, 7) is 3.00. The Labute approximate surface area is 162 Å². The second kappa shape index (κ2) is 7.43. The van der Waals surface area contributed by atoms with Crippen LogP contribution in [0.3, 0.4) is 0 Å². The standard InChI is InChI=1S/C21H24N2O3S/c1-13-10-14(21(25)26)12-23(11-13)20(24)16-7-3-2-6-15(16)19-22-17-8-4-5-9-18(17)27-19/h2-5,8-9,13-16H,6-7,10-12H2,1H3,(H,25,26). The molecule has 0 bridgehead atoms. The molecule has 2 heterocycles. The maximum atomic E-state index is 13.3. The Morgan fingerprint density at radius 2 is 1.96 bits per heavy atom. The van der Waals surface area contributed by atoms with Gasteiger partial charge >= 0.3 is 5.97 Å². The number of piperidine rings is 1. The van der Waals surface area contributed by atoms with Crippen LogP contribution in [0.5, 0.6) is 0 Å². The van der Waals surface area contributed by atoms with Crippen LogP contribution >= 0.6 is 11.3 Å². The fourth-order valence-corrected chi connectivity index (χ4v) is 5.50. The van der Waals surface area contributed by atoms with Gasteiger partial charge in [-0.15, -0.1) is 11.3 Å². The molecule has 1 aliphatic heterocycles. The van der Waals surface area contributed by atoms with E-state index in [0.29, 0.717) is 25.9 Å². The first kappa shape index (κ1) is 18.2. The van der Waals surface area contributed by atoms with E-state index >= 15 is 0 Å². The highest BCUT2D eigenvalue weighted by Gasteiger charge is 2.38. The van der Waals surface area contributed by atoms with Crippen molar-refractivity contribution in [2.75, 3.05) is 13.1 Å². The average Bonchev–Trinajstić information content (AvgIpc) is 3.11. The van der Waals surface area contributed by atoms with Crippen molar-refractivity contribution >= 4 is 33.4 Å². The number of nitrogens with zero attached hydrogens (tertiary/aromatic N) is 2. The molecule has 0 saturated carbocycles. The fraction of sp³-hybridized carbons (Fsp3) is 0.476. The highest BCUT2D eigenvalue weighted by Crippen LogP contribution is 2.40. The topological polar surface area (TPSA) is 70.5 Å². The number of aromatic nitrogens is 1. The van der Waals surface area contributed by atoms with Crippen molar-refractivity contribution in [1.29, 1.82) is 0 Å². The van der Waals surface area contributed by atoms with Gasteiger partial charge in [0.2, 0.25) is 5.91 Å². The van der Waals surface area contributed by atoms with E-state index in [2.05, 4.69) is 18.2 Å². The predicted octanol–water partition coefficient (Wildman–Crippen LogP) is 3.92. The van der Waals surface area contributed by atoms with Crippen molar-refractivity contribution in [2.24, 2.45) is 17.8 Å². The minimum absolute atomic E-state index is 0.0698. The molecule has 6 heteroatoms. The minimum Gasteiger partial charge on any atom is -0.481 e. The highest BCUT2D eigenvalue weighted by atomic mass is 32.1. The monoisotopic (exact) mass is 384 g/mol. The number of rotatable bonds is 3. The van der Waals surface area contributed by atoms with E-state index < -0.39 is 11.9 Å². The van der Waals surface area contributed by atoms with Gasteiger partial charge in [-0.05, 0) is 37.3 Å². The Morgan fingerprint density at radius 3 is 2.74 bits per heavy atom. The van der Waals surface area contributed by atoms with Crippen LogP contribution in [0.4, 0.5) is 0 Å². The number of aliphatic carboxylic acids is 1. The molecule has 1 N–H and O–H groups in total. The molecule has 0 spiro atoms. The molecule has 4 atom stereocenters. The summed E-state index contributed by atoms with van der Waals surface area (Å²) in [5.74, 6) is -1.05. The molecule has 5 nitrogen and oxygen atoms in total. The molecule has 4 rings (SSSR count). The second-order valence-electron chi connectivity index (χ2n) is 7.79. The molecule has 1 amide bonds. The molecule has 1 aromatic carbocycles. The molecule has 27 heavy (non-hydrogen) atoms. The number of para-hydroxylation sites is 1. The van der Waals surface area contributed by atoms with Gasteiger partial charge in [-0.3, -0.25) is 9.59 Å². The van der Waals surface area contributed by atoms with Crippen LogP contribution < -0.4 is 0 Å². The quantitative estimate of drug-likeness (QED) is 0.815. The molecule has 1 aliphatic carbocycles. The average molecular weight is 385 g/mol. The number of fused-ring (bicyclic) bond motifs is 1. The first-order valence-corrected chi connectivity index (χ1v) is 10.4. The van der Waals surface area contributed by atoms with Gasteiger partial charge in [-0.2, -0.15) is 0 Å². The molecule has 1 aromatic heterocycles. The number of benzene rings is 1. The number of carboxylic acids is 1. The lowest BCUT2D eigenvalue weighted by Crippen LogP contribution is -2.48. The van der Waals surface area contributed by atoms with Gasteiger partial charge in [0.15, 0.2) is 0 Å². The van der Waals surface area contributed by atoms with Crippen molar-refractivity contribution in [1.82, 2.24) is 9.88 Å². The highest BCUT2D eigenvalue weighted by molar-refractivity contribution is 7.18. The Morgan fingerprint density at radius 1 is 1.19 bits per heavy atom. The van der Waals surface area contributed by atoms with Crippen LogP contribution in [0.15, 0.2) is 36.4 Å². The summed E-state index contributed by atoms with van der Waals surface area (Å²) < 4.78 is 1.14. The lowest BCUT2D eigenvalue weighted by Gasteiger charge is -2.38. The molecule has 0 radical (unpaired) electrons. The maximum absolute atomic E-state index is 13.3. The fourth-order valence-electron chi connectivity index (χ4n) is 4.35. The Balaban J connectivity index is 1.59. The zero-order chi connectivity index (χ0) is 19.0. The number of carbonyl (C=O) groups is 2. The van der Waals surface area contributed by atoms with E-state index in [4.69, 9.17) is 4.98 Å². The number of amides is 1. The van der Waals surface area contributed by atoms with Gasteiger partial charge < -0.3 is 10.0 Å². The summed E-state index contributed by atoms with van der Waals surface area (Å²) in [7, 11) is 0. The normalized spacial score (nSPS) is 28.4. The number of hydrogen-bond donors (Lipinski definition) is 1. The zero-order valence-electron chi connectivity index (χ0n) is 15.4. The van der Waals surface area contributed by atoms with Crippen LogP contribution in [0.25, 0.3) is 10.2 Å². The third-order valence-corrected chi connectivity index (χ3v) is 6.87. The maximum Gasteiger partial charge on any atom is 0.308 e. The summed E-state index contributed by atoms with van der Waals surface area (Å²) in [5.41, 5.74) is 0.982. The number of likely N-dealkylation sites (tertiary alicyclic amines) is 1. The summed E-state index contributed by atoms with van der Waals surface area (Å²) in [6, 6.07) is 8.07. The van der Waals surface area contributed by atoms with E-state index in [-0.39, 0.29) is 23.7 Å². The largest absolute Gasteiger partial charge is 0.481 e. The molecule has 4 unspecified atom stereocenters. The van der Waals surface area contributed by atoms with Gasteiger partial charge in [-0.25, -0.2) is 4.98 Å². The smallest absolute Gasteiger partial charge is 0.308 e.